The lowest BCUT2D eigenvalue weighted by Crippen LogP contribution is -2.50. The Hall–Kier alpha value is -0.220. The van der Waals surface area contributed by atoms with Gasteiger partial charge in [0, 0.05) is 26.6 Å². The van der Waals surface area contributed by atoms with E-state index >= 15 is 0 Å². The van der Waals surface area contributed by atoms with Crippen molar-refractivity contribution >= 4 is 0 Å². The molecule has 1 fully saturated rings. The predicted molar refractivity (Wildman–Crippen MR) is 44.1 cm³/mol. The summed E-state index contributed by atoms with van der Waals surface area (Å²) in [4.78, 5) is 0. The van der Waals surface area contributed by atoms with Crippen molar-refractivity contribution in [1.29, 1.82) is 0 Å². The molecule has 1 aliphatic rings. The fraction of sp³-hybridized carbons (Fsp3) is 1.00. The SMILES string of the molecule is CCN(C)N1CCCC(F)(F)C1. The molecule has 72 valence electrons. The molecule has 0 atom stereocenters. The zero-order valence-corrected chi connectivity index (χ0v) is 7.69. The number of hydrogen-bond acceptors (Lipinski definition) is 2. The molecule has 0 saturated carbocycles. The fourth-order valence-electron chi connectivity index (χ4n) is 1.44. The molecule has 2 nitrogen and oxygen atoms in total. The van der Waals surface area contributed by atoms with Crippen LogP contribution < -0.4 is 0 Å². The van der Waals surface area contributed by atoms with E-state index in [0.717, 1.165) is 13.1 Å². The molecular formula is C8H16F2N2. The van der Waals surface area contributed by atoms with Gasteiger partial charge in [-0.2, -0.15) is 0 Å². The third-order valence-corrected chi connectivity index (χ3v) is 2.31. The molecule has 12 heavy (non-hydrogen) atoms. The van der Waals surface area contributed by atoms with Gasteiger partial charge in [-0.25, -0.2) is 18.8 Å². The van der Waals surface area contributed by atoms with Gasteiger partial charge >= 0.3 is 0 Å². The van der Waals surface area contributed by atoms with E-state index in [-0.39, 0.29) is 13.0 Å². The van der Waals surface area contributed by atoms with Crippen LogP contribution in [-0.4, -0.2) is 42.6 Å². The Morgan fingerprint density at radius 2 is 2.17 bits per heavy atom. The van der Waals surface area contributed by atoms with Gasteiger partial charge in [-0.1, -0.05) is 6.92 Å². The third kappa shape index (κ3) is 2.38. The average molecular weight is 178 g/mol. The number of piperidine rings is 1. The summed E-state index contributed by atoms with van der Waals surface area (Å²) < 4.78 is 25.8. The second-order valence-electron chi connectivity index (χ2n) is 3.32. The number of alkyl halides is 2. The average Bonchev–Trinajstić information content (AvgIpc) is 2.01. The molecule has 1 heterocycles. The molecule has 4 heteroatoms. The van der Waals surface area contributed by atoms with Crippen molar-refractivity contribution in [3.8, 4) is 0 Å². The first-order valence-corrected chi connectivity index (χ1v) is 4.39. The van der Waals surface area contributed by atoms with E-state index in [1.165, 1.54) is 0 Å². The maximum absolute atomic E-state index is 12.9. The van der Waals surface area contributed by atoms with Crippen molar-refractivity contribution in [1.82, 2.24) is 10.0 Å². The Morgan fingerprint density at radius 3 is 2.67 bits per heavy atom. The third-order valence-electron chi connectivity index (χ3n) is 2.31. The van der Waals surface area contributed by atoms with E-state index < -0.39 is 5.92 Å². The van der Waals surface area contributed by atoms with Gasteiger partial charge in [-0.3, -0.25) is 0 Å². The largest absolute Gasteiger partial charge is 0.262 e. The molecule has 1 saturated heterocycles. The molecule has 0 spiro atoms. The van der Waals surface area contributed by atoms with E-state index in [4.69, 9.17) is 0 Å². The predicted octanol–water partition coefficient (Wildman–Crippen LogP) is 1.58. The van der Waals surface area contributed by atoms with Crippen molar-refractivity contribution in [2.24, 2.45) is 0 Å². The van der Waals surface area contributed by atoms with Crippen LogP contribution in [0.4, 0.5) is 8.78 Å². The van der Waals surface area contributed by atoms with Crippen LogP contribution in [0.1, 0.15) is 19.8 Å². The standard InChI is InChI=1S/C8H16F2N2/c1-3-11(2)12-6-4-5-8(9,10)7-12/h3-7H2,1-2H3. The summed E-state index contributed by atoms with van der Waals surface area (Å²) in [6.07, 6.45) is 0.637. The molecule has 0 amide bonds. The van der Waals surface area contributed by atoms with Gasteiger partial charge in [-0.05, 0) is 6.42 Å². The van der Waals surface area contributed by atoms with Crippen LogP contribution in [0.15, 0.2) is 0 Å². The highest BCUT2D eigenvalue weighted by Gasteiger charge is 2.36. The van der Waals surface area contributed by atoms with Gasteiger partial charge in [0.2, 0.25) is 0 Å². The molecule has 0 bridgehead atoms. The van der Waals surface area contributed by atoms with Crippen molar-refractivity contribution in [3.05, 3.63) is 0 Å². The number of hydrogen-bond donors (Lipinski definition) is 0. The highest BCUT2D eigenvalue weighted by Crippen LogP contribution is 2.26. The lowest BCUT2D eigenvalue weighted by atomic mass is 10.1. The molecule has 0 aromatic carbocycles. The molecule has 1 aliphatic heterocycles. The summed E-state index contributed by atoms with van der Waals surface area (Å²) in [5.41, 5.74) is 0. The first-order valence-electron chi connectivity index (χ1n) is 4.39. The van der Waals surface area contributed by atoms with Crippen LogP contribution in [0, 0.1) is 0 Å². The first-order chi connectivity index (χ1) is 5.55. The van der Waals surface area contributed by atoms with E-state index in [1.54, 1.807) is 5.01 Å². The second-order valence-corrected chi connectivity index (χ2v) is 3.32. The van der Waals surface area contributed by atoms with Crippen LogP contribution in [0.25, 0.3) is 0 Å². The minimum absolute atomic E-state index is 0.0427. The number of halogens is 2. The van der Waals surface area contributed by atoms with Gasteiger partial charge in [0.15, 0.2) is 0 Å². The molecule has 1 rings (SSSR count). The Balaban J connectivity index is 2.46. The fourth-order valence-corrected chi connectivity index (χ4v) is 1.44. The zero-order valence-electron chi connectivity index (χ0n) is 7.69. The number of nitrogens with zero attached hydrogens (tertiary/aromatic N) is 2. The summed E-state index contributed by atoms with van der Waals surface area (Å²) in [6.45, 7) is 3.40. The van der Waals surface area contributed by atoms with Crippen molar-refractivity contribution < 1.29 is 8.78 Å². The second kappa shape index (κ2) is 3.66. The summed E-state index contributed by atoms with van der Waals surface area (Å²) in [5.74, 6) is -2.48. The lowest BCUT2D eigenvalue weighted by Gasteiger charge is -2.37. The van der Waals surface area contributed by atoms with Gasteiger partial charge in [0.05, 0.1) is 6.54 Å². The number of rotatable bonds is 2. The molecular weight excluding hydrogens is 162 g/mol. The molecule has 0 aromatic heterocycles. The van der Waals surface area contributed by atoms with Crippen LogP contribution in [0.5, 0.6) is 0 Å². The van der Waals surface area contributed by atoms with Gasteiger partial charge in [0.25, 0.3) is 5.92 Å². The van der Waals surface area contributed by atoms with Gasteiger partial charge in [0.1, 0.15) is 0 Å². The topological polar surface area (TPSA) is 6.48 Å². The molecule has 0 aliphatic carbocycles. The Labute approximate surface area is 72.1 Å². The molecule has 0 N–H and O–H groups in total. The first kappa shape index (κ1) is 9.86. The minimum atomic E-state index is -2.48. The van der Waals surface area contributed by atoms with Gasteiger partial charge in [-0.15, -0.1) is 0 Å². The zero-order chi connectivity index (χ0) is 9.19. The highest BCUT2D eigenvalue weighted by atomic mass is 19.3. The quantitative estimate of drug-likeness (QED) is 0.633. The van der Waals surface area contributed by atoms with E-state index in [0.29, 0.717) is 6.42 Å². The smallest absolute Gasteiger partial charge is 0.245 e. The maximum atomic E-state index is 12.9. The Kier molecular flexibility index (Phi) is 3.01. The van der Waals surface area contributed by atoms with Crippen LogP contribution in [0.2, 0.25) is 0 Å². The maximum Gasteiger partial charge on any atom is 0.262 e. The number of hydrazine groups is 1. The summed E-state index contributed by atoms with van der Waals surface area (Å²) in [7, 11) is 1.85. The molecule has 0 radical (unpaired) electrons. The molecule has 0 unspecified atom stereocenters. The summed E-state index contributed by atoms with van der Waals surface area (Å²) >= 11 is 0. The van der Waals surface area contributed by atoms with Crippen molar-refractivity contribution in [2.75, 3.05) is 26.7 Å². The van der Waals surface area contributed by atoms with E-state index in [2.05, 4.69) is 0 Å². The van der Waals surface area contributed by atoms with Crippen LogP contribution in [-0.2, 0) is 0 Å². The highest BCUT2D eigenvalue weighted by molar-refractivity contribution is 4.76. The molecule has 0 aromatic rings. The van der Waals surface area contributed by atoms with Crippen LogP contribution in [0.3, 0.4) is 0 Å². The summed E-state index contributed by atoms with van der Waals surface area (Å²) in [5, 5.41) is 3.58. The lowest BCUT2D eigenvalue weighted by molar-refractivity contribution is -0.128. The van der Waals surface area contributed by atoms with Crippen LogP contribution >= 0.6 is 0 Å². The Bertz CT molecular complexity index is 150. The summed E-state index contributed by atoms with van der Waals surface area (Å²) in [6, 6.07) is 0. The van der Waals surface area contributed by atoms with Gasteiger partial charge < -0.3 is 0 Å². The van der Waals surface area contributed by atoms with Crippen molar-refractivity contribution in [2.45, 2.75) is 25.7 Å². The van der Waals surface area contributed by atoms with E-state index in [9.17, 15) is 8.78 Å². The normalized spacial score (nSPS) is 24.8. The monoisotopic (exact) mass is 178 g/mol. The minimum Gasteiger partial charge on any atom is -0.245 e. The van der Waals surface area contributed by atoms with E-state index in [1.807, 2.05) is 19.0 Å². The van der Waals surface area contributed by atoms with Crippen molar-refractivity contribution in [3.63, 3.8) is 0 Å². The Morgan fingerprint density at radius 1 is 1.50 bits per heavy atom.